The normalized spacial score (nSPS) is 18.1. The van der Waals surface area contributed by atoms with Crippen LogP contribution in [0, 0.1) is 6.92 Å². The van der Waals surface area contributed by atoms with Gasteiger partial charge < -0.3 is 9.84 Å². The third kappa shape index (κ3) is 2.80. The van der Waals surface area contributed by atoms with Crippen LogP contribution in [0.1, 0.15) is 22.9 Å². The van der Waals surface area contributed by atoms with Crippen LogP contribution in [0.15, 0.2) is 42.6 Å². The summed E-state index contributed by atoms with van der Waals surface area (Å²) in [6.07, 6.45) is 1.74. The topological polar surface area (TPSA) is 62.7 Å². The number of hydrogen-bond donors (Lipinski definition) is 1. The fraction of sp³-hybridized carbons (Fsp3) is 0.294. The lowest BCUT2D eigenvalue weighted by Gasteiger charge is -2.26. The molecule has 0 bridgehead atoms. The first-order chi connectivity index (χ1) is 10.7. The Bertz CT molecular complexity index is 687. The SMILES string of the molecule is Cc1cccnc1CN1CCOc2ccccc2C1C(=O)O. The molecule has 0 spiro atoms. The number of rotatable bonds is 3. The fourth-order valence-electron chi connectivity index (χ4n) is 2.77. The Hall–Kier alpha value is -2.40. The van der Waals surface area contributed by atoms with Gasteiger partial charge in [-0.05, 0) is 24.6 Å². The second-order valence-corrected chi connectivity index (χ2v) is 5.36. The summed E-state index contributed by atoms with van der Waals surface area (Å²) in [5.41, 5.74) is 2.65. The molecular formula is C17H18N2O3. The van der Waals surface area contributed by atoms with Gasteiger partial charge >= 0.3 is 5.97 Å². The molecule has 5 heteroatoms. The quantitative estimate of drug-likeness (QED) is 0.943. The molecular weight excluding hydrogens is 280 g/mol. The van der Waals surface area contributed by atoms with Crippen LogP contribution in [-0.4, -0.2) is 34.1 Å². The van der Waals surface area contributed by atoms with Crippen molar-refractivity contribution < 1.29 is 14.6 Å². The standard InChI is InChI=1S/C17H18N2O3/c1-12-5-4-8-18-14(12)11-19-9-10-22-15-7-3-2-6-13(15)16(19)17(20)21/h2-8,16H,9-11H2,1H3,(H,20,21). The predicted octanol–water partition coefficient (Wildman–Crippen LogP) is 2.41. The van der Waals surface area contributed by atoms with E-state index in [1.54, 1.807) is 6.20 Å². The monoisotopic (exact) mass is 298 g/mol. The number of para-hydroxylation sites is 1. The number of fused-ring (bicyclic) bond motifs is 1. The van der Waals surface area contributed by atoms with Gasteiger partial charge in [-0.15, -0.1) is 0 Å². The molecule has 1 aliphatic rings. The maximum Gasteiger partial charge on any atom is 0.325 e. The van der Waals surface area contributed by atoms with Gasteiger partial charge in [0.05, 0.1) is 5.69 Å². The van der Waals surface area contributed by atoms with Gasteiger partial charge in [-0.25, -0.2) is 0 Å². The Labute approximate surface area is 129 Å². The first kappa shape index (κ1) is 14.5. The van der Waals surface area contributed by atoms with Gasteiger partial charge in [0.2, 0.25) is 0 Å². The van der Waals surface area contributed by atoms with Crippen molar-refractivity contribution in [3.05, 3.63) is 59.4 Å². The van der Waals surface area contributed by atoms with Crippen LogP contribution < -0.4 is 4.74 Å². The molecule has 0 radical (unpaired) electrons. The molecule has 0 saturated heterocycles. The Morgan fingerprint density at radius 1 is 1.36 bits per heavy atom. The molecule has 1 N–H and O–H groups in total. The third-order valence-electron chi connectivity index (χ3n) is 3.92. The largest absolute Gasteiger partial charge is 0.492 e. The summed E-state index contributed by atoms with van der Waals surface area (Å²) in [7, 11) is 0. The Kier molecular flexibility index (Phi) is 4.06. The number of aryl methyl sites for hydroxylation is 1. The lowest BCUT2D eigenvalue weighted by Crippen LogP contribution is -2.35. The molecule has 1 aromatic carbocycles. The number of carbonyl (C=O) groups is 1. The summed E-state index contributed by atoms with van der Waals surface area (Å²) in [6.45, 7) is 3.48. The number of pyridine rings is 1. The van der Waals surface area contributed by atoms with Crippen LogP contribution in [-0.2, 0) is 11.3 Å². The maximum absolute atomic E-state index is 11.8. The molecule has 2 heterocycles. The van der Waals surface area contributed by atoms with Crippen LogP contribution in [0.2, 0.25) is 0 Å². The Morgan fingerprint density at radius 2 is 2.18 bits per heavy atom. The van der Waals surface area contributed by atoms with Gasteiger partial charge in [-0.3, -0.25) is 14.7 Å². The van der Waals surface area contributed by atoms with Crippen molar-refractivity contribution in [3.8, 4) is 5.75 Å². The summed E-state index contributed by atoms with van der Waals surface area (Å²) >= 11 is 0. The van der Waals surface area contributed by atoms with E-state index in [-0.39, 0.29) is 0 Å². The van der Waals surface area contributed by atoms with E-state index in [2.05, 4.69) is 4.98 Å². The second kappa shape index (κ2) is 6.15. The van der Waals surface area contributed by atoms with Gasteiger partial charge in [0, 0.05) is 24.8 Å². The minimum atomic E-state index is -0.869. The highest BCUT2D eigenvalue weighted by Gasteiger charge is 2.32. The molecule has 2 aromatic rings. The zero-order valence-electron chi connectivity index (χ0n) is 12.4. The van der Waals surface area contributed by atoms with E-state index in [0.717, 1.165) is 11.3 Å². The van der Waals surface area contributed by atoms with E-state index in [1.807, 2.05) is 48.2 Å². The van der Waals surface area contributed by atoms with E-state index >= 15 is 0 Å². The van der Waals surface area contributed by atoms with Crippen LogP contribution in [0.4, 0.5) is 0 Å². The van der Waals surface area contributed by atoms with Crippen molar-refractivity contribution >= 4 is 5.97 Å². The molecule has 1 atom stereocenters. The number of aliphatic carboxylic acids is 1. The molecule has 1 aliphatic heterocycles. The van der Waals surface area contributed by atoms with E-state index in [0.29, 0.717) is 31.0 Å². The highest BCUT2D eigenvalue weighted by Crippen LogP contribution is 2.33. The fourth-order valence-corrected chi connectivity index (χ4v) is 2.77. The lowest BCUT2D eigenvalue weighted by molar-refractivity contribution is -0.143. The van der Waals surface area contributed by atoms with Gasteiger partial charge in [0.25, 0.3) is 0 Å². The molecule has 0 aliphatic carbocycles. The summed E-state index contributed by atoms with van der Waals surface area (Å²) < 4.78 is 5.70. The summed E-state index contributed by atoms with van der Waals surface area (Å²) in [6, 6.07) is 10.5. The first-order valence-corrected chi connectivity index (χ1v) is 7.26. The molecule has 1 unspecified atom stereocenters. The smallest absolute Gasteiger partial charge is 0.325 e. The summed E-state index contributed by atoms with van der Waals surface area (Å²) in [5, 5.41) is 9.71. The van der Waals surface area contributed by atoms with Crippen LogP contribution in [0.25, 0.3) is 0 Å². The second-order valence-electron chi connectivity index (χ2n) is 5.36. The van der Waals surface area contributed by atoms with Gasteiger partial charge in [0.15, 0.2) is 0 Å². The lowest BCUT2D eigenvalue weighted by atomic mass is 10.0. The number of ether oxygens (including phenoxy) is 1. The maximum atomic E-state index is 11.8. The zero-order chi connectivity index (χ0) is 15.5. The van der Waals surface area contributed by atoms with Gasteiger partial charge in [-0.1, -0.05) is 24.3 Å². The van der Waals surface area contributed by atoms with Crippen molar-refractivity contribution in [2.75, 3.05) is 13.2 Å². The highest BCUT2D eigenvalue weighted by atomic mass is 16.5. The van der Waals surface area contributed by atoms with Crippen molar-refractivity contribution in [1.29, 1.82) is 0 Å². The van der Waals surface area contributed by atoms with E-state index in [1.165, 1.54) is 0 Å². The zero-order valence-corrected chi connectivity index (χ0v) is 12.4. The Balaban J connectivity index is 1.96. The number of carboxylic acid groups (broad SMARTS) is 1. The van der Waals surface area contributed by atoms with E-state index < -0.39 is 12.0 Å². The molecule has 1 aromatic heterocycles. The molecule has 0 amide bonds. The van der Waals surface area contributed by atoms with Crippen molar-refractivity contribution in [1.82, 2.24) is 9.88 Å². The Morgan fingerprint density at radius 3 is 2.95 bits per heavy atom. The molecule has 3 rings (SSSR count). The van der Waals surface area contributed by atoms with Crippen LogP contribution >= 0.6 is 0 Å². The highest BCUT2D eigenvalue weighted by molar-refractivity contribution is 5.77. The van der Waals surface area contributed by atoms with Gasteiger partial charge in [-0.2, -0.15) is 0 Å². The number of aromatic nitrogens is 1. The average Bonchev–Trinajstić information content (AvgIpc) is 2.68. The average molecular weight is 298 g/mol. The first-order valence-electron chi connectivity index (χ1n) is 7.26. The molecule has 0 fully saturated rings. The van der Waals surface area contributed by atoms with Crippen LogP contribution in [0.3, 0.4) is 0 Å². The minimum Gasteiger partial charge on any atom is -0.492 e. The predicted molar refractivity (Wildman–Crippen MR) is 81.7 cm³/mol. The van der Waals surface area contributed by atoms with E-state index in [4.69, 9.17) is 4.74 Å². The van der Waals surface area contributed by atoms with Crippen molar-refractivity contribution in [2.45, 2.75) is 19.5 Å². The minimum absolute atomic E-state index is 0.465. The number of hydrogen-bond acceptors (Lipinski definition) is 4. The summed E-state index contributed by atoms with van der Waals surface area (Å²) in [5.74, 6) is -0.221. The summed E-state index contributed by atoms with van der Waals surface area (Å²) in [4.78, 5) is 18.1. The van der Waals surface area contributed by atoms with Crippen molar-refractivity contribution in [3.63, 3.8) is 0 Å². The molecule has 0 saturated carbocycles. The molecule has 22 heavy (non-hydrogen) atoms. The van der Waals surface area contributed by atoms with Gasteiger partial charge in [0.1, 0.15) is 18.4 Å². The third-order valence-corrected chi connectivity index (χ3v) is 3.92. The van der Waals surface area contributed by atoms with Crippen LogP contribution in [0.5, 0.6) is 5.75 Å². The molecule has 114 valence electrons. The number of nitrogens with zero attached hydrogens (tertiary/aromatic N) is 2. The number of carboxylic acids is 1. The number of benzene rings is 1. The van der Waals surface area contributed by atoms with Crippen molar-refractivity contribution in [2.24, 2.45) is 0 Å². The molecule has 5 nitrogen and oxygen atoms in total. The van der Waals surface area contributed by atoms with E-state index in [9.17, 15) is 9.90 Å².